The van der Waals surface area contributed by atoms with Crippen LogP contribution >= 0.6 is 0 Å². The number of hydrogen-bond donors (Lipinski definition) is 0. The smallest absolute Gasteiger partial charge is 0.00886 e. The lowest BCUT2D eigenvalue weighted by Gasteiger charge is -2.02. The van der Waals surface area contributed by atoms with Crippen molar-refractivity contribution in [1.82, 2.24) is 0 Å². The molecule has 0 fully saturated rings. The summed E-state index contributed by atoms with van der Waals surface area (Å²) in [6.07, 6.45) is 27.7. The summed E-state index contributed by atoms with van der Waals surface area (Å²) < 4.78 is 0. The molecule has 0 spiro atoms. The number of unbranched alkanes of at least 4 members (excludes halogenated alkanes) is 18. The molecule has 0 heteroatoms. The maximum atomic E-state index is 3.36. The third-order valence-electron chi connectivity index (χ3n) is 4.94. The molecular weight excluding hydrogens is 288 g/mol. The lowest BCUT2D eigenvalue weighted by molar-refractivity contribution is 0.536. The van der Waals surface area contributed by atoms with Gasteiger partial charge in [0.1, 0.15) is 0 Å². The van der Waals surface area contributed by atoms with Crippen LogP contribution < -0.4 is 0 Å². The highest BCUT2D eigenvalue weighted by atomic mass is 14.0. The molecule has 24 heavy (non-hydrogen) atoms. The summed E-state index contributed by atoms with van der Waals surface area (Å²) in [5.74, 6) is 6.70. The van der Waals surface area contributed by atoms with Gasteiger partial charge >= 0.3 is 0 Å². The van der Waals surface area contributed by atoms with Gasteiger partial charge in [0, 0.05) is 12.8 Å². The van der Waals surface area contributed by atoms with Crippen LogP contribution in [-0.4, -0.2) is 0 Å². The molecule has 0 saturated heterocycles. The van der Waals surface area contributed by atoms with Crippen molar-refractivity contribution in [3.63, 3.8) is 0 Å². The Balaban J connectivity index is 3.04. The molecule has 0 bridgehead atoms. The molecule has 0 heterocycles. The van der Waals surface area contributed by atoms with Gasteiger partial charge in [-0.05, 0) is 12.8 Å². The highest BCUT2D eigenvalue weighted by molar-refractivity contribution is 4.98. The molecule has 0 aromatic heterocycles. The van der Waals surface area contributed by atoms with Gasteiger partial charge < -0.3 is 0 Å². The van der Waals surface area contributed by atoms with Crippen molar-refractivity contribution >= 4 is 0 Å². The van der Waals surface area contributed by atoms with E-state index in [4.69, 9.17) is 0 Å². The Labute approximate surface area is 154 Å². The summed E-state index contributed by atoms with van der Waals surface area (Å²) in [5, 5.41) is 0. The van der Waals surface area contributed by atoms with Crippen molar-refractivity contribution in [2.75, 3.05) is 0 Å². The summed E-state index contributed by atoms with van der Waals surface area (Å²) in [4.78, 5) is 0. The molecular formula is C24H46. The van der Waals surface area contributed by atoms with Crippen molar-refractivity contribution in [2.45, 2.75) is 142 Å². The zero-order chi connectivity index (χ0) is 17.6. The van der Waals surface area contributed by atoms with Gasteiger partial charge in [-0.2, -0.15) is 0 Å². The van der Waals surface area contributed by atoms with Gasteiger partial charge in [0.15, 0.2) is 0 Å². The summed E-state index contributed by atoms with van der Waals surface area (Å²) in [6.45, 7) is 4.56. The van der Waals surface area contributed by atoms with Gasteiger partial charge in [-0.1, -0.05) is 117 Å². The van der Waals surface area contributed by atoms with Crippen molar-refractivity contribution in [2.24, 2.45) is 0 Å². The first kappa shape index (κ1) is 23.6. The Hall–Kier alpha value is -0.440. The van der Waals surface area contributed by atoms with Crippen molar-refractivity contribution in [3.8, 4) is 11.8 Å². The first-order valence-corrected chi connectivity index (χ1v) is 11.4. The molecule has 0 amide bonds. The Bertz CT molecular complexity index is 267. The van der Waals surface area contributed by atoms with Gasteiger partial charge in [0.05, 0.1) is 0 Å². The Kier molecular flexibility index (Phi) is 22.1. The molecule has 0 saturated carbocycles. The molecule has 0 aliphatic carbocycles. The van der Waals surface area contributed by atoms with Gasteiger partial charge in [-0.15, -0.1) is 11.8 Å². The fourth-order valence-electron chi connectivity index (χ4n) is 3.22. The largest absolute Gasteiger partial charge is 0.103 e. The molecule has 0 atom stereocenters. The van der Waals surface area contributed by atoms with E-state index in [1.165, 1.54) is 116 Å². The van der Waals surface area contributed by atoms with Crippen molar-refractivity contribution in [1.29, 1.82) is 0 Å². The van der Waals surface area contributed by atoms with E-state index in [9.17, 15) is 0 Å². The molecule has 0 aliphatic rings. The third-order valence-corrected chi connectivity index (χ3v) is 4.94. The second-order valence-corrected chi connectivity index (χ2v) is 7.51. The van der Waals surface area contributed by atoms with Gasteiger partial charge in [-0.3, -0.25) is 0 Å². The molecule has 0 aliphatic heterocycles. The normalized spacial score (nSPS) is 10.6. The van der Waals surface area contributed by atoms with Crippen LogP contribution in [0.4, 0.5) is 0 Å². The lowest BCUT2D eigenvalue weighted by Crippen LogP contribution is -1.83. The van der Waals surface area contributed by atoms with Crippen LogP contribution in [-0.2, 0) is 0 Å². The van der Waals surface area contributed by atoms with Crippen LogP contribution in [0.25, 0.3) is 0 Å². The minimum atomic E-state index is 1.12. The Morgan fingerprint density at radius 2 is 0.583 bits per heavy atom. The fraction of sp³-hybridized carbons (Fsp3) is 0.917. The van der Waals surface area contributed by atoms with Crippen LogP contribution in [0.15, 0.2) is 0 Å². The summed E-state index contributed by atoms with van der Waals surface area (Å²) in [6, 6.07) is 0. The topological polar surface area (TPSA) is 0 Å². The van der Waals surface area contributed by atoms with E-state index in [0.717, 1.165) is 12.8 Å². The standard InChI is InChI=1S/C24H46/c1-3-5-7-9-11-13-15-17-19-21-23-24-22-20-18-16-14-12-10-8-6-4-2/h3-13,15,17-24H2,1-2H3. The highest BCUT2D eigenvalue weighted by Crippen LogP contribution is 2.13. The SMILES string of the molecule is CCCCCCC#CCCCCCCCCCCCCCCCC. The highest BCUT2D eigenvalue weighted by Gasteiger charge is 1.93. The van der Waals surface area contributed by atoms with Crippen molar-refractivity contribution < 1.29 is 0 Å². The third kappa shape index (κ3) is 21.6. The average Bonchev–Trinajstić information content (AvgIpc) is 2.60. The molecule has 0 aromatic rings. The van der Waals surface area contributed by atoms with Crippen LogP contribution in [0.1, 0.15) is 142 Å². The van der Waals surface area contributed by atoms with E-state index in [1.807, 2.05) is 0 Å². The minimum Gasteiger partial charge on any atom is -0.103 e. The van der Waals surface area contributed by atoms with Crippen LogP contribution in [0.3, 0.4) is 0 Å². The van der Waals surface area contributed by atoms with E-state index in [1.54, 1.807) is 0 Å². The van der Waals surface area contributed by atoms with Gasteiger partial charge in [0.2, 0.25) is 0 Å². The first-order chi connectivity index (χ1) is 11.9. The molecule has 0 aromatic carbocycles. The van der Waals surface area contributed by atoms with Crippen LogP contribution in [0.2, 0.25) is 0 Å². The van der Waals surface area contributed by atoms with E-state index < -0.39 is 0 Å². The first-order valence-electron chi connectivity index (χ1n) is 11.4. The Morgan fingerprint density at radius 3 is 0.917 bits per heavy atom. The number of rotatable bonds is 18. The van der Waals surface area contributed by atoms with Gasteiger partial charge in [0.25, 0.3) is 0 Å². The van der Waals surface area contributed by atoms with E-state index in [-0.39, 0.29) is 0 Å². The van der Waals surface area contributed by atoms with Crippen LogP contribution in [0.5, 0.6) is 0 Å². The van der Waals surface area contributed by atoms with E-state index in [0.29, 0.717) is 0 Å². The molecule has 142 valence electrons. The van der Waals surface area contributed by atoms with E-state index in [2.05, 4.69) is 25.7 Å². The molecule has 0 unspecified atom stereocenters. The molecule has 0 N–H and O–H groups in total. The minimum absolute atomic E-state index is 1.12. The van der Waals surface area contributed by atoms with Gasteiger partial charge in [-0.25, -0.2) is 0 Å². The monoisotopic (exact) mass is 334 g/mol. The summed E-state index contributed by atoms with van der Waals surface area (Å²) >= 11 is 0. The predicted octanol–water partition coefficient (Wildman–Crippen LogP) is 8.83. The fourth-order valence-corrected chi connectivity index (χ4v) is 3.22. The lowest BCUT2D eigenvalue weighted by atomic mass is 10.0. The number of hydrogen-bond acceptors (Lipinski definition) is 0. The second kappa shape index (κ2) is 22.6. The Morgan fingerprint density at radius 1 is 0.333 bits per heavy atom. The van der Waals surface area contributed by atoms with Crippen LogP contribution in [0, 0.1) is 11.8 Å². The van der Waals surface area contributed by atoms with E-state index >= 15 is 0 Å². The molecule has 0 rings (SSSR count). The average molecular weight is 335 g/mol. The van der Waals surface area contributed by atoms with Crippen molar-refractivity contribution in [3.05, 3.63) is 0 Å². The maximum Gasteiger partial charge on any atom is 0.00886 e. The zero-order valence-electron chi connectivity index (χ0n) is 17.1. The maximum absolute atomic E-state index is 3.36. The zero-order valence-corrected chi connectivity index (χ0v) is 17.1. The molecule has 0 nitrogen and oxygen atoms in total. The molecule has 0 radical (unpaired) electrons. The second-order valence-electron chi connectivity index (χ2n) is 7.51. The summed E-state index contributed by atoms with van der Waals surface area (Å²) in [7, 11) is 0. The quantitative estimate of drug-likeness (QED) is 0.173. The summed E-state index contributed by atoms with van der Waals surface area (Å²) in [5.41, 5.74) is 0. The predicted molar refractivity (Wildman–Crippen MR) is 111 cm³/mol.